The summed E-state index contributed by atoms with van der Waals surface area (Å²) in [5.41, 5.74) is 0. The van der Waals surface area contributed by atoms with Crippen molar-refractivity contribution in [2.45, 2.75) is 111 Å². The lowest BCUT2D eigenvalue weighted by Gasteiger charge is -2.01. The quantitative estimate of drug-likeness (QED) is 0.0839. The molecule has 0 aromatic rings. The minimum atomic E-state index is -0.659. The summed E-state index contributed by atoms with van der Waals surface area (Å²) < 4.78 is 8.92. The predicted octanol–water partition coefficient (Wildman–Crippen LogP) is 6.85. The number of unbranched alkanes of at least 4 members (excludes halogenated alkanes) is 11. The lowest BCUT2D eigenvalue weighted by atomic mass is 10.1. The van der Waals surface area contributed by atoms with Gasteiger partial charge in [0.25, 0.3) is 0 Å². The Balaban J connectivity index is 0. The van der Waals surface area contributed by atoms with Gasteiger partial charge >= 0.3 is 17.9 Å². The number of hydrogen-bond donors (Lipinski definition) is 0. The van der Waals surface area contributed by atoms with Crippen LogP contribution in [0, 0.1) is 0 Å². The van der Waals surface area contributed by atoms with Gasteiger partial charge in [-0.05, 0) is 39.0 Å². The Bertz CT molecular complexity index is 468. The second-order valence-electron chi connectivity index (χ2n) is 7.26. The van der Waals surface area contributed by atoms with E-state index in [9.17, 15) is 14.4 Å². The Labute approximate surface area is 184 Å². The molecule has 5 heteroatoms. The van der Waals surface area contributed by atoms with E-state index in [2.05, 4.69) is 35.1 Å². The van der Waals surface area contributed by atoms with E-state index in [1.807, 2.05) is 0 Å². The van der Waals surface area contributed by atoms with Crippen molar-refractivity contribution in [3.05, 3.63) is 24.8 Å². The summed E-state index contributed by atoms with van der Waals surface area (Å²) in [6.45, 7) is 9.16. The molecule has 0 bridgehead atoms. The van der Waals surface area contributed by atoms with E-state index in [-0.39, 0.29) is 5.97 Å². The first-order valence-corrected chi connectivity index (χ1v) is 11.6. The fraction of sp³-hybridized carbons (Fsp3) is 0.720. The Kier molecular flexibility index (Phi) is 25.4. The Morgan fingerprint density at radius 3 is 1.70 bits per heavy atom. The number of carbonyl (C=O) groups is 3. The summed E-state index contributed by atoms with van der Waals surface area (Å²) in [6.07, 6.45) is 21.9. The van der Waals surface area contributed by atoms with Gasteiger partial charge < -0.3 is 9.47 Å². The SMILES string of the molecule is C=CC(=O)OC(=O)CCCCCCCC=CCCCCCCCC.CCOC(C)=O. The third-order valence-corrected chi connectivity index (χ3v) is 4.37. The van der Waals surface area contributed by atoms with Gasteiger partial charge in [-0.2, -0.15) is 0 Å². The van der Waals surface area contributed by atoms with Crippen molar-refractivity contribution in [1.29, 1.82) is 0 Å². The molecule has 0 saturated heterocycles. The molecule has 0 amide bonds. The molecule has 0 saturated carbocycles. The van der Waals surface area contributed by atoms with Gasteiger partial charge in [-0.3, -0.25) is 9.59 Å². The van der Waals surface area contributed by atoms with Crippen LogP contribution in [-0.4, -0.2) is 24.5 Å². The van der Waals surface area contributed by atoms with Gasteiger partial charge in [0.15, 0.2) is 0 Å². The van der Waals surface area contributed by atoms with Crippen LogP contribution in [0.3, 0.4) is 0 Å². The second-order valence-corrected chi connectivity index (χ2v) is 7.26. The molecule has 0 spiro atoms. The summed E-state index contributed by atoms with van der Waals surface area (Å²) in [7, 11) is 0. The average Bonchev–Trinajstić information content (AvgIpc) is 2.71. The van der Waals surface area contributed by atoms with E-state index in [4.69, 9.17) is 0 Å². The van der Waals surface area contributed by atoms with Crippen LogP contribution in [0.2, 0.25) is 0 Å². The third-order valence-electron chi connectivity index (χ3n) is 4.37. The highest BCUT2D eigenvalue weighted by Crippen LogP contribution is 2.10. The van der Waals surface area contributed by atoms with Gasteiger partial charge in [-0.15, -0.1) is 0 Å². The molecule has 0 radical (unpaired) electrons. The minimum Gasteiger partial charge on any atom is -0.466 e. The van der Waals surface area contributed by atoms with Gasteiger partial charge in [-0.1, -0.05) is 77.0 Å². The zero-order valence-corrected chi connectivity index (χ0v) is 19.6. The molecule has 30 heavy (non-hydrogen) atoms. The first kappa shape index (κ1) is 30.3. The van der Waals surface area contributed by atoms with Crippen LogP contribution in [0.5, 0.6) is 0 Å². The van der Waals surface area contributed by atoms with E-state index >= 15 is 0 Å². The molecule has 0 unspecified atom stereocenters. The van der Waals surface area contributed by atoms with Crippen LogP contribution in [-0.2, 0) is 23.9 Å². The van der Waals surface area contributed by atoms with Crippen molar-refractivity contribution in [1.82, 2.24) is 0 Å². The van der Waals surface area contributed by atoms with Crippen molar-refractivity contribution in [3.63, 3.8) is 0 Å². The summed E-state index contributed by atoms with van der Waals surface area (Å²) in [5.74, 6) is -1.32. The summed E-state index contributed by atoms with van der Waals surface area (Å²) in [4.78, 5) is 31.9. The predicted molar refractivity (Wildman–Crippen MR) is 123 cm³/mol. The highest BCUT2D eigenvalue weighted by atomic mass is 16.6. The largest absolute Gasteiger partial charge is 0.466 e. The molecular weight excluding hydrogens is 380 g/mol. The molecular formula is C25H44O5. The zero-order chi connectivity index (χ0) is 22.9. The van der Waals surface area contributed by atoms with E-state index in [1.165, 1.54) is 64.7 Å². The Morgan fingerprint density at radius 1 is 0.767 bits per heavy atom. The number of ether oxygens (including phenoxy) is 2. The van der Waals surface area contributed by atoms with Gasteiger partial charge in [0, 0.05) is 19.4 Å². The molecule has 0 aliphatic rings. The minimum absolute atomic E-state index is 0.211. The van der Waals surface area contributed by atoms with Crippen molar-refractivity contribution in [2.24, 2.45) is 0 Å². The van der Waals surface area contributed by atoms with E-state index in [1.54, 1.807) is 6.92 Å². The molecule has 0 aromatic carbocycles. The molecule has 0 atom stereocenters. The number of allylic oxidation sites excluding steroid dienone is 2. The first-order chi connectivity index (χ1) is 14.5. The van der Waals surface area contributed by atoms with Gasteiger partial charge in [0.2, 0.25) is 0 Å². The highest BCUT2D eigenvalue weighted by Gasteiger charge is 2.06. The van der Waals surface area contributed by atoms with Crippen LogP contribution >= 0.6 is 0 Å². The maximum absolute atomic E-state index is 11.2. The summed E-state index contributed by atoms with van der Waals surface area (Å²) in [5, 5.41) is 0. The molecule has 0 fully saturated rings. The van der Waals surface area contributed by atoms with E-state index in [0.717, 1.165) is 31.8 Å². The standard InChI is InChI=1S/C21H36O3.C4H8O2/c1-3-5-6-7-8-9-10-11-12-13-14-15-16-17-18-19-21(23)24-20(22)4-2;1-3-6-4(2)5/h4,11-12H,2-3,5-10,13-19H2,1H3;3H2,1-2H3. The third kappa shape index (κ3) is 28.3. The molecule has 0 aromatic heterocycles. The Hall–Kier alpha value is -1.91. The van der Waals surface area contributed by atoms with Crippen LogP contribution in [0.15, 0.2) is 24.8 Å². The first-order valence-electron chi connectivity index (χ1n) is 11.6. The fourth-order valence-corrected chi connectivity index (χ4v) is 2.75. The fourth-order valence-electron chi connectivity index (χ4n) is 2.75. The van der Waals surface area contributed by atoms with Crippen molar-refractivity contribution < 1.29 is 23.9 Å². The molecule has 0 rings (SSSR count). The average molecular weight is 425 g/mol. The zero-order valence-electron chi connectivity index (χ0n) is 19.6. The maximum Gasteiger partial charge on any atom is 0.337 e. The number of hydrogen-bond acceptors (Lipinski definition) is 5. The second kappa shape index (κ2) is 25.1. The van der Waals surface area contributed by atoms with Gasteiger partial charge in [0.1, 0.15) is 0 Å². The lowest BCUT2D eigenvalue weighted by molar-refractivity contribution is -0.156. The molecule has 0 heterocycles. The topological polar surface area (TPSA) is 69.7 Å². The smallest absolute Gasteiger partial charge is 0.337 e. The Morgan fingerprint density at radius 2 is 1.27 bits per heavy atom. The van der Waals surface area contributed by atoms with Crippen LogP contribution in [0.1, 0.15) is 111 Å². The van der Waals surface area contributed by atoms with Crippen LogP contribution < -0.4 is 0 Å². The molecule has 0 N–H and O–H groups in total. The van der Waals surface area contributed by atoms with Gasteiger partial charge in [-0.25, -0.2) is 4.79 Å². The molecule has 0 aliphatic carbocycles. The van der Waals surface area contributed by atoms with Crippen LogP contribution in [0.25, 0.3) is 0 Å². The van der Waals surface area contributed by atoms with Crippen LogP contribution in [0.4, 0.5) is 0 Å². The highest BCUT2D eigenvalue weighted by molar-refractivity contribution is 5.91. The number of rotatable bonds is 17. The van der Waals surface area contributed by atoms with Crippen molar-refractivity contribution >= 4 is 17.9 Å². The normalized spacial score (nSPS) is 10.2. The lowest BCUT2D eigenvalue weighted by Crippen LogP contribution is -2.09. The molecule has 174 valence electrons. The van der Waals surface area contributed by atoms with Gasteiger partial charge in [0.05, 0.1) is 6.61 Å². The number of carbonyl (C=O) groups excluding carboxylic acids is 3. The van der Waals surface area contributed by atoms with Crippen molar-refractivity contribution in [2.75, 3.05) is 6.61 Å². The van der Waals surface area contributed by atoms with E-state index < -0.39 is 11.9 Å². The molecule has 0 aliphatic heterocycles. The monoisotopic (exact) mass is 424 g/mol. The van der Waals surface area contributed by atoms with Crippen molar-refractivity contribution in [3.8, 4) is 0 Å². The molecule has 5 nitrogen and oxygen atoms in total. The number of esters is 3. The maximum atomic E-state index is 11.2. The van der Waals surface area contributed by atoms with E-state index in [0.29, 0.717) is 13.0 Å². The summed E-state index contributed by atoms with van der Waals surface area (Å²) >= 11 is 0. The summed E-state index contributed by atoms with van der Waals surface area (Å²) in [6, 6.07) is 0.